The Morgan fingerprint density at radius 2 is 1.93 bits per heavy atom. The lowest BCUT2D eigenvalue weighted by Gasteiger charge is -2.33. The highest BCUT2D eigenvalue weighted by Crippen LogP contribution is 2.25. The maximum atomic E-state index is 13.0. The number of hydrogen-bond acceptors (Lipinski definition) is 7. The Hall–Kier alpha value is -2.33. The zero-order chi connectivity index (χ0) is 20.9. The minimum atomic E-state index is -1.96. The van der Waals surface area contributed by atoms with Crippen molar-refractivity contribution >= 4 is 17.6 Å². The van der Waals surface area contributed by atoms with Gasteiger partial charge in [-0.15, -0.1) is 0 Å². The van der Waals surface area contributed by atoms with Crippen LogP contribution in [0.25, 0.3) is 0 Å². The van der Waals surface area contributed by atoms with E-state index in [-0.39, 0.29) is 38.4 Å². The standard InChI is InChI=1S/C19H29N5O4/c1-12(17(27)15-9-14(25)11-24(15)16(26)7-8-20)19(21,22)18(28)23-10-13-5-3-2-4-6-13/h2-6,12,14-15,25H,7-11,20-22H2,1H3,(H,23,28)/t12?,14-,15+/m1/s1. The highest BCUT2D eigenvalue weighted by Gasteiger charge is 2.46. The Bertz CT molecular complexity index is 710. The summed E-state index contributed by atoms with van der Waals surface area (Å²) in [6.07, 6.45) is -0.667. The molecule has 1 heterocycles. The largest absolute Gasteiger partial charge is 0.391 e. The van der Waals surface area contributed by atoms with Crippen LogP contribution >= 0.6 is 0 Å². The number of β-amino-alcohol motifs (C(OH)–C–C–N with tert-alkyl or cyclic N) is 1. The number of carbonyl (C=O) groups is 3. The lowest BCUT2D eigenvalue weighted by molar-refractivity contribution is -0.142. The van der Waals surface area contributed by atoms with Gasteiger partial charge < -0.3 is 32.5 Å². The summed E-state index contributed by atoms with van der Waals surface area (Å²) in [5, 5.41) is 12.6. The first-order valence-electron chi connectivity index (χ1n) is 9.29. The maximum Gasteiger partial charge on any atom is 0.255 e. The first-order valence-corrected chi connectivity index (χ1v) is 9.29. The van der Waals surface area contributed by atoms with Gasteiger partial charge in [0.1, 0.15) is 0 Å². The third-order valence-corrected chi connectivity index (χ3v) is 5.12. The molecule has 0 spiro atoms. The van der Waals surface area contributed by atoms with Crippen LogP contribution in [0.5, 0.6) is 0 Å². The Labute approximate surface area is 164 Å². The number of rotatable bonds is 8. The lowest BCUT2D eigenvalue weighted by atomic mass is 9.86. The third-order valence-electron chi connectivity index (χ3n) is 5.12. The molecule has 0 aliphatic carbocycles. The quantitative estimate of drug-likeness (QED) is 0.334. The van der Waals surface area contributed by atoms with Crippen LogP contribution in [0.15, 0.2) is 30.3 Å². The monoisotopic (exact) mass is 391 g/mol. The van der Waals surface area contributed by atoms with Gasteiger partial charge in [0.05, 0.1) is 18.1 Å². The molecule has 1 unspecified atom stereocenters. The van der Waals surface area contributed by atoms with Gasteiger partial charge >= 0.3 is 0 Å². The second-order valence-corrected chi connectivity index (χ2v) is 7.22. The average molecular weight is 391 g/mol. The molecular formula is C19H29N5O4. The molecule has 154 valence electrons. The first-order chi connectivity index (χ1) is 13.2. The van der Waals surface area contributed by atoms with Crippen molar-refractivity contribution in [2.45, 2.75) is 44.1 Å². The highest BCUT2D eigenvalue weighted by molar-refractivity contribution is 5.97. The number of nitrogens with one attached hydrogen (secondary N) is 1. The van der Waals surface area contributed by atoms with E-state index in [1.165, 1.54) is 11.8 Å². The second kappa shape index (κ2) is 9.24. The molecule has 1 aromatic carbocycles. The number of carbonyl (C=O) groups excluding carboxylic acids is 3. The molecule has 0 bridgehead atoms. The molecule has 1 aromatic rings. The second-order valence-electron chi connectivity index (χ2n) is 7.22. The Kier molecular flexibility index (Phi) is 7.25. The molecule has 0 aromatic heterocycles. The summed E-state index contributed by atoms with van der Waals surface area (Å²) in [5.74, 6) is -2.51. The number of likely N-dealkylation sites (tertiary alicyclic amines) is 1. The van der Waals surface area contributed by atoms with Crippen LogP contribution in [-0.2, 0) is 20.9 Å². The number of hydrogen-bond donors (Lipinski definition) is 5. The minimum Gasteiger partial charge on any atom is -0.391 e. The van der Waals surface area contributed by atoms with Crippen molar-refractivity contribution in [3.63, 3.8) is 0 Å². The SMILES string of the molecule is CC(C(=O)[C@@H]1C[C@@H](O)CN1C(=O)CCN)C(N)(N)C(=O)NCc1ccccc1. The molecular weight excluding hydrogens is 362 g/mol. The molecule has 9 nitrogen and oxygen atoms in total. The third kappa shape index (κ3) is 4.93. The number of nitrogens with two attached hydrogens (primary N) is 3. The molecule has 1 saturated heterocycles. The number of benzene rings is 1. The van der Waals surface area contributed by atoms with Gasteiger partial charge in [-0.1, -0.05) is 37.3 Å². The van der Waals surface area contributed by atoms with Gasteiger partial charge in [-0.2, -0.15) is 0 Å². The van der Waals surface area contributed by atoms with E-state index in [1.54, 1.807) is 0 Å². The highest BCUT2D eigenvalue weighted by atomic mass is 16.3. The van der Waals surface area contributed by atoms with Gasteiger partial charge in [-0.25, -0.2) is 0 Å². The lowest BCUT2D eigenvalue weighted by Crippen LogP contribution is -2.67. The van der Waals surface area contributed by atoms with E-state index >= 15 is 0 Å². The van der Waals surface area contributed by atoms with Crippen LogP contribution in [0, 0.1) is 5.92 Å². The smallest absolute Gasteiger partial charge is 0.255 e. The van der Waals surface area contributed by atoms with Crippen LogP contribution in [0.4, 0.5) is 0 Å². The molecule has 9 heteroatoms. The summed E-state index contributed by atoms with van der Waals surface area (Å²) in [6.45, 7) is 1.87. The number of ketones is 1. The van der Waals surface area contributed by atoms with Gasteiger partial charge in [0.15, 0.2) is 11.4 Å². The fourth-order valence-corrected chi connectivity index (χ4v) is 3.28. The number of nitrogens with zero attached hydrogens (tertiary/aromatic N) is 1. The molecule has 8 N–H and O–H groups in total. The minimum absolute atomic E-state index is 0.0459. The van der Waals surface area contributed by atoms with E-state index in [9.17, 15) is 19.5 Å². The van der Waals surface area contributed by atoms with Gasteiger partial charge in [0.2, 0.25) is 5.91 Å². The van der Waals surface area contributed by atoms with Gasteiger partial charge in [0.25, 0.3) is 5.91 Å². The van der Waals surface area contributed by atoms with Crippen molar-refractivity contribution in [1.29, 1.82) is 0 Å². The summed E-state index contributed by atoms with van der Waals surface area (Å²) >= 11 is 0. The Morgan fingerprint density at radius 3 is 2.54 bits per heavy atom. The molecule has 0 saturated carbocycles. The average Bonchev–Trinajstić information content (AvgIpc) is 3.07. The molecule has 1 aliphatic rings. The number of aliphatic hydroxyl groups excluding tert-OH is 1. The van der Waals surface area contributed by atoms with Crippen molar-refractivity contribution in [3.05, 3.63) is 35.9 Å². The van der Waals surface area contributed by atoms with Crippen LogP contribution < -0.4 is 22.5 Å². The molecule has 2 rings (SSSR count). The van der Waals surface area contributed by atoms with Crippen molar-refractivity contribution in [2.24, 2.45) is 23.1 Å². The summed E-state index contributed by atoms with van der Waals surface area (Å²) in [5.41, 5.74) is 16.3. The van der Waals surface area contributed by atoms with Crippen LogP contribution in [0.1, 0.15) is 25.3 Å². The van der Waals surface area contributed by atoms with Crippen molar-refractivity contribution in [1.82, 2.24) is 10.2 Å². The van der Waals surface area contributed by atoms with Crippen molar-refractivity contribution in [3.8, 4) is 0 Å². The number of Topliss-reactive ketones (excluding diaryl/α,β-unsaturated/α-hetero) is 1. The summed E-state index contributed by atoms with van der Waals surface area (Å²) in [6, 6.07) is 8.33. The van der Waals surface area contributed by atoms with Crippen molar-refractivity contribution < 1.29 is 19.5 Å². The summed E-state index contributed by atoms with van der Waals surface area (Å²) < 4.78 is 0. The van der Waals surface area contributed by atoms with Gasteiger partial charge in [-0.3, -0.25) is 14.4 Å². The molecule has 0 radical (unpaired) electrons. The van der Waals surface area contributed by atoms with Crippen LogP contribution in [0.3, 0.4) is 0 Å². The fourth-order valence-electron chi connectivity index (χ4n) is 3.28. The molecule has 3 atom stereocenters. The summed E-state index contributed by atoms with van der Waals surface area (Å²) in [7, 11) is 0. The molecule has 2 amide bonds. The maximum absolute atomic E-state index is 13.0. The normalized spacial score (nSPS) is 20.7. The van der Waals surface area contributed by atoms with E-state index in [0.717, 1.165) is 5.56 Å². The molecule has 1 fully saturated rings. The van der Waals surface area contributed by atoms with Gasteiger partial charge in [-0.05, 0) is 5.56 Å². The van der Waals surface area contributed by atoms with E-state index in [1.807, 2.05) is 30.3 Å². The predicted molar refractivity (Wildman–Crippen MR) is 103 cm³/mol. The number of amides is 2. The van der Waals surface area contributed by atoms with E-state index in [0.29, 0.717) is 0 Å². The molecule has 28 heavy (non-hydrogen) atoms. The molecule has 1 aliphatic heterocycles. The summed E-state index contributed by atoms with van der Waals surface area (Å²) in [4.78, 5) is 39.0. The van der Waals surface area contributed by atoms with Crippen LogP contribution in [0.2, 0.25) is 0 Å². The Morgan fingerprint density at radius 1 is 1.29 bits per heavy atom. The number of aliphatic hydroxyl groups is 1. The zero-order valence-corrected chi connectivity index (χ0v) is 16.0. The predicted octanol–water partition coefficient (Wildman–Crippen LogP) is -1.57. The van der Waals surface area contributed by atoms with E-state index in [2.05, 4.69) is 5.32 Å². The zero-order valence-electron chi connectivity index (χ0n) is 16.0. The van der Waals surface area contributed by atoms with Gasteiger partial charge in [0, 0.05) is 32.5 Å². The van der Waals surface area contributed by atoms with E-state index in [4.69, 9.17) is 17.2 Å². The Balaban J connectivity index is 2.06. The fraction of sp³-hybridized carbons (Fsp3) is 0.526. The topological polar surface area (TPSA) is 165 Å². The van der Waals surface area contributed by atoms with E-state index < -0.39 is 35.4 Å². The first kappa shape index (κ1) is 22.0. The van der Waals surface area contributed by atoms with Crippen molar-refractivity contribution in [2.75, 3.05) is 13.1 Å². The van der Waals surface area contributed by atoms with Crippen LogP contribution in [-0.4, -0.2) is 58.5 Å².